The Morgan fingerprint density at radius 1 is 1.28 bits per heavy atom. The maximum absolute atomic E-state index is 12.3. The van der Waals surface area contributed by atoms with Crippen LogP contribution < -0.4 is 15.4 Å². The Labute approximate surface area is 146 Å². The lowest BCUT2D eigenvalue weighted by Gasteiger charge is -2.18. The van der Waals surface area contributed by atoms with E-state index in [0.717, 1.165) is 12.1 Å². The molecule has 0 saturated carbocycles. The smallest absolute Gasteiger partial charge is 0.222 e. The van der Waals surface area contributed by atoms with E-state index in [1.807, 2.05) is 23.6 Å². The summed E-state index contributed by atoms with van der Waals surface area (Å²) in [5.41, 5.74) is 0.836. The van der Waals surface area contributed by atoms with Crippen LogP contribution in [0.1, 0.15) is 37.7 Å². The molecule has 1 atom stereocenters. The Balaban J connectivity index is 2.00. The van der Waals surface area contributed by atoms with Crippen molar-refractivity contribution in [3.63, 3.8) is 0 Å². The van der Waals surface area contributed by atoms with Crippen molar-refractivity contribution < 1.29 is 14.3 Å². The van der Waals surface area contributed by atoms with Gasteiger partial charge in [-0.25, -0.2) is 0 Å². The fourth-order valence-corrected chi connectivity index (χ4v) is 2.45. The Kier molecular flexibility index (Phi) is 6.50. The number of ether oxygens (including phenoxy) is 1. The lowest BCUT2D eigenvalue weighted by atomic mass is 10.0. The second kappa shape index (κ2) is 8.81. The van der Waals surface area contributed by atoms with Gasteiger partial charge in [0, 0.05) is 13.5 Å². The molecule has 0 aliphatic carbocycles. The summed E-state index contributed by atoms with van der Waals surface area (Å²) in [5.74, 6) is 1.03. The molecule has 1 aromatic heterocycles. The molecule has 2 N–H and O–H groups in total. The molecule has 8 heteroatoms. The molecule has 1 heterocycles. The lowest BCUT2D eigenvalue weighted by molar-refractivity contribution is -0.123. The van der Waals surface area contributed by atoms with Crippen LogP contribution in [0.25, 0.3) is 0 Å². The van der Waals surface area contributed by atoms with Gasteiger partial charge in [-0.1, -0.05) is 12.1 Å². The molecule has 0 aliphatic heterocycles. The van der Waals surface area contributed by atoms with E-state index in [1.165, 1.54) is 6.92 Å². The molecule has 0 radical (unpaired) electrons. The molecule has 0 saturated heterocycles. The summed E-state index contributed by atoms with van der Waals surface area (Å²) < 4.78 is 6.99. The highest BCUT2D eigenvalue weighted by Crippen LogP contribution is 2.20. The minimum atomic E-state index is -0.410. The highest BCUT2D eigenvalue weighted by Gasteiger charge is 2.17. The number of benzene rings is 1. The molecule has 2 aromatic rings. The number of amides is 2. The monoisotopic (exact) mass is 345 g/mol. The van der Waals surface area contributed by atoms with Crippen molar-refractivity contribution >= 4 is 11.8 Å². The van der Waals surface area contributed by atoms with Crippen molar-refractivity contribution in [1.29, 1.82) is 0 Å². The van der Waals surface area contributed by atoms with Crippen LogP contribution in [0.4, 0.5) is 0 Å². The number of nitrogens with zero attached hydrogens (tertiary/aromatic N) is 3. The number of aromatic nitrogens is 3. The Bertz CT molecular complexity index is 711. The quantitative estimate of drug-likeness (QED) is 0.749. The number of nitrogens with one attached hydrogen (secondary N) is 2. The molecule has 1 unspecified atom stereocenters. The van der Waals surface area contributed by atoms with Crippen LogP contribution >= 0.6 is 0 Å². The summed E-state index contributed by atoms with van der Waals surface area (Å²) in [7, 11) is 1.59. The van der Waals surface area contributed by atoms with Crippen molar-refractivity contribution in [3.05, 3.63) is 42.0 Å². The fraction of sp³-hybridized carbons (Fsp3) is 0.412. The van der Waals surface area contributed by atoms with Crippen molar-refractivity contribution in [1.82, 2.24) is 25.4 Å². The largest absolute Gasteiger partial charge is 0.497 e. The van der Waals surface area contributed by atoms with Crippen LogP contribution in [0.5, 0.6) is 5.75 Å². The fourth-order valence-electron chi connectivity index (χ4n) is 2.45. The molecule has 0 bridgehead atoms. The van der Waals surface area contributed by atoms with Gasteiger partial charge in [-0.15, -0.1) is 10.2 Å². The van der Waals surface area contributed by atoms with E-state index in [0.29, 0.717) is 18.1 Å². The Hall–Kier alpha value is -2.90. The summed E-state index contributed by atoms with van der Waals surface area (Å²) in [6.07, 6.45) is 1.76. The first-order chi connectivity index (χ1) is 12.0. The zero-order valence-electron chi connectivity index (χ0n) is 14.7. The molecular weight excluding hydrogens is 322 g/mol. The van der Waals surface area contributed by atoms with E-state index in [-0.39, 0.29) is 18.2 Å². The highest BCUT2D eigenvalue weighted by molar-refractivity contribution is 5.79. The van der Waals surface area contributed by atoms with Crippen LogP contribution in [0, 0.1) is 0 Å². The minimum absolute atomic E-state index is 0.131. The van der Waals surface area contributed by atoms with Gasteiger partial charge >= 0.3 is 0 Å². The number of methoxy groups -OCH3 is 1. The predicted molar refractivity (Wildman–Crippen MR) is 91.7 cm³/mol. The molecule has 134 valence electrons. The summed E-state index contributed by atoms with van der Waals surface area (Å²) >= 11 is 0. The molecule has 0 fully saturated rings. The summed E-state index contributed by atoms with van der Waals surface area (Å²) in [4.78, 5) is 23.8. The highest BCUT2D eigenvalue weighted by atomic mass is 16.5. The number of hydrogen-bond donors (Lipinski definition) is 2. The van der Waals surface area contributed by atoms with Gasteiger partial charge in [0.05, 0.1) is 26.1 Å². The first kappa shape index (κ1) is 18.4. The van der Waals surface area contributed by atoms with Crippen LogP contribution in [-0.4, -0.2) is 33.7 Å². The van der Waals surface area contributed by atoms with Crippen LogP contribution in [0.15, 0.2) is 30.6 Å². The zero-order chi connectivity index (χ0) is 18.2. The molecule has 1 aromatic carbocycles. The SMILES string of the molecule is CCn1cnnc1CNC(=O)CC(NC(C)=O)c1ccc(OC)cc1. The van der Waals surface area contributed by atoms with Gasteiger partial charge in [0.15, 0.2) is 5.82 Å². The molecule has 25 heavy (non-hydrogen) atoms. The number of aryl methyl sites for hydroxylation is 1. The average Bonchev–Trinajstić information content (AvgIpc) is 3.06. The normalized spacial score (nSPS) is 11.6. The molecular formula is C17H23N5O3. The maximum Gasteiger partial charge on any atom is 0.222 e. The lowest BCUT2D eigenvalue weighted by Crippen LogP contribution is -2.32. The van der Waals surface area contributed by atoms with E-state index in [1.54, 1.807) is 25.6 Å². The van der Waals surface area contributed by atoms with Gasteiger partial charge in [0.25, 0.3) is 0 Å². The van der Waals surface area contributed by atoms with Crippen LogP contribution in [-0.2, 0) is 22.7 Å². The standard InChI is InChI=1S/C17H23N5O3/c1-4-22-11-19-21-16(22)10-18-17(24)9-15(20-12(2)23)13-5-7-14(25-3)8-6-13/h5-8,11,15H,4,9-10H2,1-3H3,(H,18,24)(H,20,23). The van der Waals surface area contributed by atoms with E-state index < -0.39 is 6.04 Å². The molecule has 0 aliphatic rings. The topological polar surface area (TPSA) is 98.1 Å². The van der Waals surface area contributed by atoms with Gasteiger partial charge in [0.1, 0.15) is 12.1 Å². The number of carbonyl (C=O) groups excluding carboxylic acids is 2. The first-order valence-corrected chi connectivity index (χ1v) is 8.08. The molecule has 2 amide bonds. The predicted octanol–water partition coefficient (Wildman–Crippen LogP) is 1.19. The third-order valence-electron chi connectivity index (χ3n) is 3.77. The van der Waals surface area contributed by atoms with E-state index in [2.05, 4.69) is 20.8 Å². The zero-order valence-corrected chi connectivity index (χ0v) is 14.7. The summed E-state index contributed by atoms with van der Waals surface area (Å²) in [6.45, 7) is 4.43. The summed E-state index contributed by atoms with van der Waals surface area (Å²) in [5, 5.41) is 13.4. The average molecular weight is 345 g/mol. The minimum Gasteiger partial charge on any atom is -0.497 e. The molecule has 0 spiro atoms. The number of hydrogen-bond acceptors (Lipinski definition) is 5. The van der Waals surface area contributed by atoms with Crippen molar-refractivity contribution in [3.8, 4) is 5.75 Å². The second-order valence-electron chi connectivity index (χ2n) is 5.54. The summed E-state index contributed by atoms with van der Waals surface area (Å²) in [6, 6.07) is 6.85. The third-order valence-corrected chi connectivity index (χ3v) is 3.77. The van der Waals surface area contributed by atoms with Gasteiger partial charge in [-0.2, -0.15) is 0 Å². The van der Waals surface area contributed by atoms with Crippen molar-refractivity contribution in [2.45, 2.75) is 39.4 Å². The first-order valence-electron chi connectivity index (χ1n) is 8.08. The van der Waals surface area contributed by atoms with Crippen LogP contribution in [0.2, 0.25) is 0 Å². The van der Waals surface area contributed by atoms with Gasteiger partial charge in [-0.05, 0) is 24.6 Å². The Morgan fingerprint density at radius 2 is 2.00 bits per heavy atom. The van der Waals surface area contributed by atoms with Gasteiger partial charge in [0.2, 0.25) is 11.8 Å². The van der Waals surface area contributed by atoms with Crippen LogP contribution in [0.3, 0.4) is 0 Å². The molecule has 2 rings (SSSR count). The van der Waals surface area contributed by atoms with E-state index >= 15 is 0 Å². The van der Waals surface area contributed by atoms with E-state index in [9.17, 15) is 9.59 Å². The van der Waals surface area contributed by atoms with Crippen molar-refractivity contribution in [2.24, 2.45) is 0 Å². The second-order valence-corrected chi connectivity index (χ2v) is 5.54. The Morgan fingerprint density at radius 3 is 2.60 bits per heavy atom. The third kappa shape index (κ3) is 5.30. The number of rotatable bonds is 8. The van der Waals surface area contributed by atoms with Crippen molar-refractivity contribution in [2.75, 3.05) is 7.11 Å². The van der Waals surface area contributed by atoms with E-state index in [4.69, 9.17) is 4.74 Å². The maximum atomic E-state index is 12.3. The van der Waals surface area contributed by atoms with Gasteiger partial charge < -0.3 is 19.9 Å². The number of carbonyl (C=O) groups is 2. The molecule has 8 nitrogen and oxygen atoms in total. The van der Waals surface area contributed by atoms with Gasteiger partial charge in [-0.3, -0.25) is 9.59 Å².